The monoisotopic (exact) mass is 329 g/mol. The minimum absolute atomic E-state index is 0.951. The minimum Gasteiger partial charge on any atom is -0.464 e. The van der Waals surface area contributed by atoms with Crippen molar-refractivity contribution in [3.63, 3.8) is 0 Å². The Morgan fingerprint density at radius 3 is 3.12 bits per heavy atom. The summed E-state index contributed by atoms with van der Waals surface area (Å²) in [5.74, 6) is 0. The summed E-state index contributed by atoms with van der Waals surface area (Å²) in [5.41, 5.74) is 5.94. The zero-order chi connectivity index (χ0) is 16.6. The maximum absolute atomic E-state index is 5.53. The molecule has 4 heterocycles. The molecule has 1 N–H and O–H groups in total. The highest BCUT2D eigenvalue weighted by molar-refractivity contribution is 5.82. The molecule has 0 saturated carbocycles. The molecule has 1 aliphatic heterocycles. The lowest BCUT2D eigenvalue weighted by atomic mass is 9.98. The van der Waals surface area contributed by atoms with E-state index in [0.29, 0.717) is 0 Å². The van der Waals surface area contributed by atoms with Crippen LogP contribution in [0.2, 0.25) is 0 Å². The zero-order valence-corrected chi connectivity index (χ0v) is 13.9. The Bertz CT molecular complexity index is 1070. The van der Waals surface area contributed by atoms with Gasteiger partial charge >= 0.3 is 0 Å². The van der Waals surface area contributed by atoms with Gasteiger partial charge in [-0.05, 0) is 47.4 Å². The molecule has 0 amide bonds. The first-order valence-electron chi connectivity index (χ1n) is 8.67. The van der Waals surface area contributed by atoms with E-state index in [4.69, 9.17) is 4.42 Å². The molecule has 4 aromatic rings. The summed E-state index contributed by atoms with van der Waals surface area (Å²) in [7, 11) is 0. The fraction of sp³-hybridized carbons (Fsp3) is 0.190. The number of benzene rings is 1. The van der Waals surface area contributed by atoms with Crippen LogP contribution in [-0.2, 0) is 6.54 Å². The van der Waals surface area contributed by atoms with Crippen LogP contribution in [-0.4, -0.2) is 28.0 Å². The Labute approximate surface area is 145 Å². The summed E-state index contributed by atoms with van der Waals surface area (Å²) >= 11 is 0. The molecule has 0 bridgehead atoms. The zero-order valence-electron chi connectivity index (χ0n) is 13.9. The van der Waals surface area contributed by atoms with Gasteiger partial charge in [-0.2, -0.15) is 0 Å². The van der Waals surface area contributed by atoms with E-state index in [2.05, 4.69) is 51.4 Å². The summed E-state index contributed by atoms with van der Waals surface area (Å²) < 4.78 is 5.53. The van der Waals surface area contributed by atoms with Crippen molar-refractivity contribution in [2.75, 3.05) is 13.1 Å². The normalized spacial score (nSPS) is 15.8. The van der Waals surface area contributed by atoms with Crippen molar-refractivity contribution in [1.29, 1.82) is 0 Å². The van der Waals surface area contributed by atoms with Gasteiger partial charge in [0.1, 0.15) is 11.2 Å². The number of fused-ring (bicyclic) bond motifs is 2. The maximum atomic E-state index is 5.53. The third-order valence-electron chi connectivity index (χ3n) is 5.05. The van der Waals surface area contributed by atoms with Crippen LogP contribution in [0.3, 0.4) is 0 Å². The fourth-order valence-corrected chi connectivity index (χ4v) is 3.66. The quantitative estimate of drug-likeness (QED) is 0.597. The van der Waals surface area contributed by atoms with Crippen LogP contribution < -0.4 is 0 Å². The number of aromatic amines is 1. The van der Waals surface area contributed by atoms with E-state index in [-0.39, 0.29) is 0 Å². The van der Waals surface area contributed by atoms with Crippen LogP contribution in [0.1, 0.15) is 17.5 Å². The number of rotatable bonds is 3. The van der Waals surface area contributed by atoms with Crippen molar-refractivity contribution < 1.29 is 4.42 Å². The van der Waals surface area contributed by atoms with Crippen LogP contribution in [0, 0.1) is 0 Å². The van der Waals surface area contributed by atoms with Gasteiger partial charge in [0.25, 0.3) is 0 Å². The molecule has 0 radical (unpaired) electrons. The highest BCUT2D eigenvalue weighted by atomic mass is 16.3. The predicted molar refractivity (Wildman–Crippen MR) is 100 cm³/mol. The molecule has 4 nitrogen and oxygen atoms in total. The van der Waals surface area contributed by atoms with E-state index >= 15 is 0 Å². The summed E-state index contributed by atoms with van der Waals surface area (Å²) in [4.78, 5) is 10.1. The Morgan fingerprint density at radius 2 is 2.20 bits per heavy atom. The van der Waals surface area contributed by atoms with Crippen LogP contribution in [0.25, 0.3) is 27.6 Å². The van der Waals surface area contributed by atoms with Crippen LogP contribution in [0.4, 0.5) is 0 Å². The Hall–Kier alpha value is -2.85. The van der Waals surface area contributed by atoms with Crippen molar-refractivity contribution >= 4 is 27.6 Å². The van der Waals surface area contributed by atoms with Crippen LogP contribution in [0.5, 0.6) is 0 Å². The average molecular weight is 329 g/mol. The summed E-state index contributed by atoms with van der Waals surface area (Å²) in [6, 6.07) is 12.6. The Balaban J connectivity index is 1.34. The van der Waals surface area contributed by atoms with Gasteiger partial charge in [0, 0.05) is 42.8 Å². The molecular weight excluding hydrogens is 310 g/mol. The molecule has 0 aliphatic carbocycles. The number of nitrogens with one attached hydrogen (secondary N) is 1. The first kappa shape index (κ1) is 14.5. The van der Waals surface area contributed by atoms with E-state index in [0.717, 1.165) is 42.7 Å². The number of furan rings is 1. The lowest BCUT2D eigenvalue weighted by Crippen LogP contribution is -2.27. The van der Waals surface area contributed by atoms with Crippen LogP contribution in [0.15, 0.2) is 65.5 Å². The summed E-state index contributed by atoms with van der Waals surface area (Å²) in [6.45, 7) is 2.99. The second kappa shape index (κ2) is 5.90. The van der Waals surface area contributed by atoms with Gasteiger partial charge in [0.05, 0.1) is 6.26 Å². The predicted octanol–water partition coefficient (Wildman–Crippen LogP) is 4.60. The van der Waals surface area contributed by atoms with Crippen molar-refractivity contribution in [2.24, 2.45) is 0 Å². The standard InChI is InChI=1S/C21H19N3O/c1-2-19-18(13-23-21(19)22-8-1)14-24-9-5-15(6-10-24)17-4-3-16-7-11-25-20(16)12-17/h1-5,7-8,11-13H,6,9-10,14H2,(H,22,23). The van der Waals surface area contributed by atoms with E-state index < -0.39 is 0 Å². The maximum Gasteiger partial charge on any atom is 0.137 e. The third-order valence-corrected chi connectivity index (χ3v) is 5.05. The second-order valence-electron chi connectivity index (χ2n) is 6.60. The molecule has 4 heteroatoms. The summed E-state index contributed by atoms with van der Waals surface area (Å²) in [6.07, 6.45) is 9.07. The molecule has 1 aromatic carbocycles. The molecule has 0 unspecified atom stereocenters. The summed E-state index contributed by atoms with van der Waals surface area (Å²) in [5, 5.41) is 2.38. The van der Waals surface area contributed by atoms with Gasteiger partial charge in [-0.15, -0.1) is 0 Å². The van der Waals surface area contributed by atoms with Gasteiger partial charge in [-0.3, -0.25) is 4.90 Å². The number of H-pyrrole nitrogens is 1. The minimum atomic E-state index is 0.951. The van der Waals surface area contributed by atoms with Crippen molar-refractivity contribution in [1.82, 2.24) is 14.9 Å². The van der Waals surface area contributed by atoms with E-state index in [1.165, 1.54) is 22.1 Å². The second-order valence-corrected chi connectivity index (χ2v) is 6.60. The van der Waals surface area contributed by atoms with Gasteiger partial charge < -0.3 is 9.40 Å². The number of aromatic nitrogens is 2. The van der Waals surface area contributed by atoms with E-state index in [1.807, 2.05) is 18.3 Å². The van der Waals surface area contributed by atoms with Crippen LogP contribution >= 0.6 is 0 Å². The fourth-order valence-electron chi connectivity index (χ4n) is 3.66. The van der Waals surface area contributed by atoms with Crippen molar-refractivity contribution in [3.05, 3.63) is 72.3 Å². The highest BCUT2D eigenvalue weighted by Gasteiger charge is 2.15. The number of nitrogens with zero attached hydrogens (tertiary/aromatic N) is 2. The van der Waals surface area contributed by atoms with Gasteiger partial charge in [-0.25, -0.2) is 4.98 Å². The molecule has 0 atom stereocenters. The first-order chi connectivity index (χ1) is 12.4. The van der Waals surface area contributed by atoms with Crippen molar-refractivity contribution in [3.8, 4) is 0 Å². The Kier molecular flexibility index (Phi) is 3.42. The lowest BCUT2D eigenvalue weighted by Gasteiger charge is -2.26. The third kappa shape index (κ3) is 2.65. The number of pyridine rings is 1. The molecule has 5 rings (SSSR count). The largest absolute Gasteiger partial charge is 0.464 e. The number of hydrogen-bond donors (Lipinski definition) is 1. The number of hydrogen-bond acceptors (Lipinski definition) is 3. The van der Waals surface area contributed by atoms with Gasteiger partial charge in [0.2, 0.25) is 0 Å². The molecule has 3 aromatic heterocycles. The topological polar surface area (TPSA) is 45.1 Å². The highest BCUT2D eigenvalue weighted by Crippen LogP contribution is 2.27. The van der Waals surface area contributed by atoms with Crippen molar-refractivity contribution in [2.45, 2.75) is 13.0 Å². The molecule has 25 heavy (non-hydrogen) atoms. The average Bonchev–Trinajstić information content (AvgIpc) is 3.29. The molecule has 0 saturated heterocycles. The SMILES string of the molecule is C1=C(c2ccc3ccoc3c2)CCN(Cc2c[nH]c3ncccc23)C1. The Morgan fingerprint density at radius 1 is 1.20 bits per heavy atom. The molecular formula is C21H19N3O. The molecule has 124 valence electrons. The van der Waals surface area contributed by atoms with Gasteiger partial charge in [-0.1, -0.05) is 18.2 Å². The molecule has 1 aliphatic rings. The lowest BCUT2D eigenvalue weighted by molar-refractivity contribution is 0.295. The first-order valence-corrected chi connectivity index (χ1v) is 8.67. The molecule has 0 fully saturated rings. The molecule has 0 spiro atoms. The smallest absolute Gasteiger partial charge is 0.137 e. The van der Waals surface area contributed by atoms with E-state index in [9.17, 15) is 0 Å². The van der Waals surface area contributed by atoms with Gasteiger partial charge in [0.15, 0.2) is 0 Å². The van der Waals surface area contributed by atoms with E-state index in [1.54, 1.807) is 6.26 Å².